The van der Waals surface area contributed by atoms with E-state index in [2.05, 4.69) is 25.3 Å². The van der Waals surface area contributed by atoms with Gasteiger partial charge in [0, 0.05) is 37.8 Å². The molecule has 0 amide bonds. The summed E-state index contributed by atoms with van der Waals surface area (Å²) in [6, 6.07) is 8.00. The van der Waals surface area contributed by atoms with Crippen molar-refractivity contribution in [3.63, 3.8) is 0 Å². The van der Waals surface area contributed by atoms with E-state index < -0.39 is 0 Å². The minimum absolute atomic E-state index is 0.170. The second kappa shape index (κ2) is 8.48. The summed E-state index contributed by atoms with van der Waals surface area (Å²) in [6.45, 7) is 3.93. The lowest BCUT2D eigenvalue weighted by Gasteiger charge is -2.41. The van der Waals surface area contributed by atoms with E-state index in [9.17, 15) is 4.39 Å². The number of hydrogen-bond donors (Lipinski definition) is 0. The van der Waals surface area contributed by atoms with Crippen LogP contribution in [0.15, 0.2) is 24.3 Å². The summed E-state index contributed by atoms with van der Waals surface area (Å²) >= 11 is 0. The zero-order valence-corrected chi connectivity index (χ0v) is 17.1. The summed E-state index contributed by atoms with van der Waals surface area (Å²) in [5.41, 5.74) is 0.691. The Morgan fingerprint density at radius 1 is 0.862 bits per heavy atom. The Morgan fingerprint density at radius 3 is 2.21 bits per heavy atom. The fraction of sp³-hybridized carbons (Fsp3) is 0.682. The molecule has 2 aliphatic carbocycles. The molecule has 29 heavy (non-hydrogen) atoms. The molecule has 1 aromatic carbocycles. The van der Waals surface area contributed by atoms with Gasteiger partial charge in [-0.3, -0.25) is 9.80 Å². The van der Waals surface area contributed by atoms with Gasteiger partial charge in [-0.1, -0.05) is 43.9 Å². The third-order valence-corrected chi connectivity index (χ3v) is 7.19. The number of piperazine rings is 1. The minimum atomic E-state index is -0.225. The molecule has 7 heteroatoms. The fourth-order valence-corrected chi connectivity index (χ4v) is 5.62. The summed E-state index contributed by atoms with van der Waals surface area (Å²) < 4.78 is 16.9. The quantitative estimate of drug-likeness (QED) is 0.771. The third-order valence-electron chi connectivity index (χ3n) is 7.19. The molecule has 0 spiro atoms. The molecule has 2 saturated carbocycles. The van der Waals surface area contributed by atoms with Crippen LogP contribution < -0.4 is 0 Å². The lowest BCUT2D eigenvalue weighted by molar-refractivity contribution is 0.0755. The van der Waals surface area contributed by atoms with E-state index in [0.717, 1.165) is 50.9 Å². The van der Waals surface area contributed by atoms with Gasteiger partial charge in [0.2, 0.25) is 0 Å². The maximum absolute atomic E-state index is 14.9. The summed E-state index contributed by atoms with van der Waals surface area (Å²) in [5, 5.41) is 12.8. The first-order valence-electron chi connectivity index (χ1n) is 11.3. The predicted molar refractivity (Wildman–Crippen MR) is 109 cm³/mol. The Morgan fingerprint density at radius 2 is 1.52 bits per heavy atom. The molecule has 3 aliphatic rings. The lowest BCUT2D eigenvalue weighted by Crippen LogP contribution is -2.51. The highest BCUT2D eigenvalue weighted by Gasteiger charge is 2.35. The highest BCUT2D eigenvalue weighted by Crippen LogP contribution is 2.35. The molecule has 2 aromatic rings. The molecule has 1 aliphatic heterocycles. The summed E-state index contributed by atoms with van der Waals surface area (Å²) in [6.07, 6.45) is 10.0. The molecule has 5 rings (SSSR count). The zero-order chi connectivity index (χ0) is 19.6. The second-order valence-electron chi connectivity index (χ2n) is 8.85. The van der Waals surface area contributed by atoms with Gasteiger partial charge in [-0.05, 0) is 42.2 Å². The molecule has 1 saturated heterocycles. The Balaban J connectivity index is 1.43. The molecule has 0 radical (unpaired) electrons. The maximum Gasteiger partial charge on any atom is 0.173 e. The van der Waals surface area contributed by atoms with Gasteiger partial charge < -0.3 is 0 Å². The van der Waals surface area contributed by atoms with Crippen LogP contribution in [0.5, 0.6) is 0 Å². The Kier molecular flexibility index (Phi) is 5.59. The van der Waals surface area contributed by atoms with Gasteiger partial charge in [0.25, 0.3) is 0 Å². The molecule has 0 unspecified atom stereocenters. The van der Waals surface area contributed by atoms with Gasteiger partial charge in [0.05, 0.1) is 6.04 Å². The lowest BCUT2D eigenvalue weighted by atomic mass is 10.0. The van der Waals surface area contributed by atoms with Crippen molar-refractivity contribution in [2.75, 3.05) is 26.2 Å². The number of halogens is 1. The van der Waals surface area contributed by atoms with Crippen molar-refractivity contribution in [1.29, 1.82) is 0 Å². The minimum Gasteiger partial charge on any atom is -0.298 e. The highest BCUT2D eigenvalue weighted by molar-refractivity contribution is 5.27. The molecule has 0 N–H and O–H groups in total. The van der Waals surface area contributed by atoms with Gasteiger partial charge in [0.15, 0.2) is 5.82 Å². The number of hydrogen-bond acceptors (Lipinski definition) is 5. The maximum atomic E-state index is 14.9. The van der Waals surface area contributed by atoms with Crippen LogP contribution in [0.2, 0.25) is 0 Å². The summed E-state index contributed by atoms with van der Waals surface area (Å²) in [4.78, 5) is 5.03. The number of rotatable bonds is 5. The van der Waals surface area contributed by atoms with E-state index in [-0.39, 0.29) is 11.9 Å². The van der Waals surface area contributed by atoms with Crippen molar-refractivity contribution in [2.24, 2.45) is 0 Å². The largest absolute Gasteiger partial charge is 0.298 e. The first kappa shape index (κ1) is 19.1. The fourth-order valence-electron chi connectivity index (χ4n) is 5.62. The normalized spacial score (nSPS) is 23.8. The van der Waals surface area contributed by atoms with Crippen molar-refractivity contribution in [3.05, 3.63) is 41.5 Å². The Hall–Kier alpha value is -1.86. The molecule has 1 atom stereocenters. The van der Waals surface area contributed by atoms with Crippen LogP contribution in [0.1, 0.15) is 74.8 Å². The number of aromatic nitrogens is 4. The first-order valence-corrected chi connectivity index (χ1v) is 11.3. The number of nitrogens with zero attached hydrogens (tertiary/aromatic N) is 6. The summed E-state index contributed by atoms with van der Waals surface area (Å²) in [5.74, 6) is 0.632. The molecular formula is C22H31FN6. The Labute approximate surface area is 172 Å². The number of benzene rings is 1. The first-order chi connectivity index (χ1) is 14.3. The van der Waals surface area contributed by atoms with Gasteiger partial charge in [0.1, 0.15) is 11.9 Å². The SMILES string of the molecule is Fc1ccccc1[C@H](c1nnnn1C1CCCC1)N1CCN(C2CCCC2)CC1. The highest BCUT2D eigenvalue weighted by atomic mass is 19.1. The van der Waals surface area contributed by atoms with Gasteiger partial charge in [-0.25, -0.2) is 9.07 Å². The zero-order valence-electron chi connectivity index (χ0n) is 17.1. The average molecular weight is 399 g/mol. The predicted octanol–water partition coefficient (Wildman–Crippen LogP) is 3.58. The van der Waals surface area contributed by atoms with E-state index >= 15 is 0 Å². The van der Waals surface area contributed by atoms with Crippen LogP contribution in [0.25, 0.3) is 0 Å². The summed E-state index contributed by atoms with van der Waals surface area (Å²) in [7, 11) is 0. The van der Waals surface area contributed by atoms with E-state index in [1.807, 2.05) is 16.8 Å². The van der Waals surface area contributed by atoms with Crippen molar-refractivity contribution in [1.82, 2.24) is 30.0 Å². The van der Waals surface area contributed by atoms with Crippen LogP contribution in [0.4, 0.5) is 4.39 Å². The van der Waals surface area contributed by atoms with Crippen LogP contribution >= 0.6 is 0 Å². The van der Waals surface area contributed by atoms with Crippen LogP contribution in [0.3, 0.4) is 0 Å². The second-order valence-corrected chi connectivity index (χ2v) is 8.85. The van der Waals surface area contributed by atoms with Crippen molar-refractivity contribution in [3.8, 4) is 0 Å². The van der Waals surface area contributed by atoms with Crippen molar-refractivity contribution >= 4 is 0 Å². The molecule has 0 bridgehead atoms. The molecule has 156 valence electrons. The molecule has 1 aromatic heterocycles. The van der Waals surface area contributed by atoms with Gasteiger partial charge >= 0.3 is 0 Å². The van der Waals surface area contributed by atoms with Crippen molar-refractivity contribution < 1.29 is 4.39 Å². The van der Waals surface area contributed by atoms with E-state index in [1.165, 1.54) is 38.5 Å². The average Bonchev–Trinajstić information content (AvgIpc) is 3.52. The smallest absolute Gasteiger partial charge is 0.173 e. The standard InChI is InChI=1S/C22H31FN6/c23-20-12-6-5-11-19(20)21(22-24-25-26-29(22)18-9-3-4-10-18)28-15-13-27(14-16-28)17-7-1-2-8-17/h5-6,11-12,17-18,21H,1-4,7-10,13-16H2/t21-/m1/s1. The topological polar surface area (TPSA) is 50.1 Å². The molecule has 3 fully saturated rings. The van der Waals surface area contributed by atoms with E-state index in [1.54, 1.807) is 12.1 Å². The molecule has 6 nitrogen and oxygen atoms in total. The molecular weight excluding hydrogens is 367 g/mol. The monoisotopic (exact) mass is 398 g/mol. The van der Waals surface area contributed by atoms with E-state index in [4.69, 9.17) is 0 Å². The van der Waals surface area contributed by atoms with Crippen LogP contribution in [0, 0.1) is 5.82 Å². The van der Waals surface area contributed by atoms with Crippen LogP contribution in [-0.4, -0.2) is 62.2 Å². The number of tetrazole rings is 1. The van der Waals surface area contributed by atoms with Crippen molar-refractivity contribution in [2.45, 2.75) is 69.5 Å². The molecule has 2 heterocycles. The third kappa shape index (κ3) is 3.82. The van der Waals surface area contributed by atoms with Gasteiger partial charge in [-0.2, -0.15) is 0 Å². The Bertz CT molecular complexity index is 803. The van der Waals surface area contributed by atoms with Crippen LogP contribution in [-0.2, 0) is 0 Å². The van der Waals surface area contributed by atoms with E-state index in [0.29, 0.717) is 11.6 Å². The van der Waals surface area contributed by atoms with Gasteiger partial charge in [-0.15, -0.1) is 5.10 Å².